The second-order valence-corrected chi connectivity index (χ2v) is 9.03. The number of fused-ring (bicyclic) bond motifs is 1. The normalized spacial score (nSPS) is 16.2. The number of hydrogen-bond donors (Lipinski definition) is 1. The maximum atomic E-state index is 12.0. The van der Waals surface area contributed by atoms with Gasteiger partial charge in [0.15, 0.2) is 0 Å². The highest BCUT2D eigenvalue weighted by atomic mass is 35.5. The Morgan fingerprint density at radius 2 is 2.00 bits per heavy atom. The van der Waals surface area contributed by atoms with E-state index in [4.69, 9.17) is 16.3 Å². The molecule has 0 aliphatic carbocycles. The molecule has 7 nitrogen and oxygen atoms in total. The number of amides is 1. The number of piperidine rings is 1. The molecule has 8 heteroatoms. The van der Waals surface area contributed by atoms with Crippen molar-refractivity contribution in [2.45, 2.75) is 51.7 Å². The molecule has 0 spiro atoms. The summed E-state index contributed by atoms with van der Waals surface area (Å²) in [6, 6.07) is 3.26. The number of aryl methyl sites for hydroxylation is 1. The van der Waals surface area contributed by atoms with E-state index in [0.29, 0.717) is 5.02 Å². The van der Waals surface area contributed by atoms with Gasteiger partial charge >= 0.3 is 6.09 Å². The van der Waals surface area contributed by atoms with Crippen LogP contribution in [-0.4, -0.2) is 51.8 Å². The van der Waals surface area contributed by atoms with Crippen molar-refractivity contribution >= 4 is 28.7 Å². The zero-order valence-electron chi connectivity index (χ0n) is 17.5. The van der Waals surface area contributed by atoms with Crippen LogP contribution in [0, 0.1) is 0 Å². The second kappa shape index (κ2) is 8.71. The van der Waals surface area contributed by atoms with Crippen molar-refractivity contribution in [2.75, 3.05) is 19.6 Å². The fraction of sp³-hybridized carbons (Fsp3) is 0.571. The highest BCUT2D eigenvalue weighted by Gasteiger charge is 2.24. The molecule has 0 saturated carbocycles. The molecule has 1 fully saturated rings. The van der Waals surface area contributed by atoms with Crippen LogP contribution in [0.4, 0.5) is 4.79 Å². The van der Waals surface area contributed by atoms with Gasteiger partial charge in [0.2, 0.25) is 0 Å². The lowest BCUT2D eigenvalue weighted by Crippen LogP contribution is -2.44. The quantitative estimate of drug-likeness (QED) is 0.822. The number of nitrogens with zero attached hydrogens (tertiary/aromatic N) is 3. The molecule has 0 aromatic carbocycles. The summed E-state index contributed by atoms with van der Waals surface area (Å²) in [5.41, 5.74) is 2.13. The van der Waals surface area contributed by atoms with Crippen LogP contribution >= 0.6 is 11.6 Å². The average Bonchev–Trinajstić information content (AvgIpc) is 2.63. The maximum Gasteiger partial charge on any atom is 0.407 e. The first kappa shape index (κ1) is 21.6. The van der Waals surface area contributed by atoms with Crippen molar-refractivity contribution in [3.8, 4) is 0 Å². The number of rotatable bonds is 4. The Bertz CT molecular complexity index is 943. The summed E-state index contributed by atoms with van der Waals surface area (Å²) >= 11 is 6.42. The Kier molecular flexibility index (Phi) is 6.49. The number of ether oxygens (including phenoxy) is 1. The molecule has 3 heterocycles. The summed E-state index contributed by atoms with van der Waals surface area (Å²) in [4.78, 5) is 30.7. The molecule has 3 rings (SSSR count). The molecular formula is C21H29ClN4O3. The Labute approximate surface area is 176 Å². The second-order valence-electron chi connectivity index (χ2n) is 8.62. The van der Waals surface area contributed by atoms with Crippen LogP contribution in [0.2, 0.25) is 5.02 Å². The average molecular weight is 421 g/mol. The lowest BCUT2D eigenvalue weighted by molar-refractivity contribution is 0.0475. The van der Waals surface area contributed by atoms with Crippen molar-refractivity contribution < 1.29 is 9.53 Å². The maximum absolute atomic E-state index is 12.0. The Morgan fingerprint density at radius 3 is 2.66 bits per heavy atom. The van der Waals surface area contributed by atoms with Gasteiger partial charge in [0, 0.05) is 44.5 Å². The molecular weight excluding hydrogens is 392 g/mol. The molecule has 0 bridgehead atoms. The highest BCUT2D eigenvalue weighted by Crippen LogP contribution is 2.24. The third kappa shape index (κ3) is 5.48. The smallest absolute Gasteiger partial charge is 0.407 e. The topological polar surface area (TPSA) is 76.5 Å². The summed E-state index contributed by atoms with van der Waals surface area (Å²) in [5.74, 6) is 0. The predicted molar refractivity (Wildman–Crippen MR) is 115 cm³/mol. The van der Waals surface area contributed by atoms with Gasteiger partial charge in [-0.1, -0.05) is 11.6 Å². The minimum atomic E-state index is -0.355. The summed E-state index contributed by atoms with van der Waals surface area (Å²) in [6.07, 6.45) is 3.58. The van der Waals surface area contributed by atoms with Crippen molar-refractivity contribution in [2.24, 2.45) is 7.05 Å². The molecule has 0 radical (unpaired) electrons. The first-order chi connectivity index (χ1) is 13.6. The van der Waals surface area contributed by atoms with Crippen molar-refractivity contribution in [1.82, 2.24) is 19.8 Å². The number of pyridine rings is 2. The van der Waals surface area contributed by atoms with Crippen molar-refractivity contribution in [3.63, 3.8) is 0 Å². The van der Waals surface area contributed by atoms with Crippen molar-refractivity contribution in [3.05, 3.63) is 39.3 Å². The third-order valence-electron chi connectivity index (χ3n) is 5.15. The third-order valence-corrected chi connectivity index (χ3v) is 5.47. The van der Waals surface area contributed by atoms with Crippen LogP contribution in [-0.2, 0) is 18.2 Å². The number of halogens is 1. The van der Waals surface area contributed by atoms with E-state index in [0.717, 1.165) is 55.5 Å². The predicted octanol–water partition coefficient (Wildman–Crippen LogP) is 3.12. The molecule has 1 saturated heterocycles. The highest BCUT2D eigenvalue weighted by molar-refractivity contribution is 6.32. The largest absolute Gasteiger partial charge is 0.446 e. The van der Waals surface area contributed by atoms with E-state index < -0.39 is 0 Å². The van der Waals surface area contributed by atoms with Crippen molar-refractivity contribution in [1.29, 1.82) is 0 Å². The molecule has 1 amide bonds. The van der Waals surface area contributed by atoms with Gasteiger partial charge in [-0.25, -0.2) is 4.79 Å². The van der Waals surface area contributed by atoms with E-state index >= 15 is 0 Å². The summed E-state index contributed by atoms with van der Waals surface area (Å²) in [7, 11) is 1.75. The first-order valence-corrected chi connectivity index (χ1v) is 10.4. The van der Waals surface area contributed by atoms with Crippen LogP contribution in [0.25, 0.3) is 11.0 Å². The van der Waals surface area contributed by atoms with E-state index in [2.05, 4.69) is 15.2 Å². The van der Waals surface area contributed by atoms with Gasteiger partial charge < -0.3 is 19.5 Å². The molecule has 158 valence electrons. The van der Waals surface area contributed by atoms with Gasteiger partial charge in [-0.05, 0) is 51.7 Å². The van der Waals surface area contributed by atoms with Gasteiger partial charge in [-0.15, -0.1) is 0 Å². The fourth-order valence-electron chi connectivity index (χ4n) is 3.65. The minimum Gasteiger partial charge on any atom is -0.446 e. The van der Waals surface area contributed by atoms with E-state index in [1.165, 1.54) is 6.07 Å². The van der Waals surface area contributed by atoms with Gasteiger partial charge in [0.05, 0.1) is 16.1 Å². The molecule has 0 unspecified atom stereocenters. The molecule has 1 aliphatic rings. The Balaban J connectivity index is 1.59. The molecule has 1 N–H and O–H groups in total. The first-order valence-electron chi connectivity index (χ1n) is 9.98. The SMILES string of the molecule is Cn1c(=O)ccc2ncc(Cl)c(CCN3CCC(OC(=O)NC(C)(C)C)CC3)c21. The number of alkyl carbamates (subject to hydrolysis) is 1. The zero-order valence-corrected chi connectivity index (χ0v) is 18.3. The molecule has 0 atom stereocenters. The molecule has 2 aromatic rings. The van der Waals surface area contributed by atoms with Crippen LogP contribution in [0.15, 0.2) is 23.1 Å². The van der Waals surface area contributed by atoms with Gasteiger partial charge in [0.1, 0.15) is 6.10 Å². The number of aromatic nitrogens is 2. The summed E-state index contributed by atoms with van der Waals surface area (Å²) in [6.45, 7) is 8.32. The monoisotopic (exact) mass is 420 g/mol. The summed E-state index contributed by atoms with van der Waals surface area (Å²) < 4.78 is 7.15. The van der Waals surface area contributed by atoms with Crippen LogP contribution in [0.5, 0.6) is 0 Å². The fourth-order valence-corrected chi connectivity index (χ4v) is 3.88. The number of likely N-dealkylation sites (tertiary alicyclic amines) is 1. The molecule has 2 aromatic heterocycles. The van der Waals surface area contributed by atoms with Gasteiger partial charge in [0.25, 0.3) is 5.56 Å². The Hall–Kier alpha value is -2.12. The van der Waals surface area contributed by atoms with Gasteiger partial charge in [-0.2, -0.15) is 0 Å². The van der Waals surface area contributed by atoms with Crippen LogP contribution < -0.4 is 10.9 Å². The van der Waals surface area contributed by atoms with E-state index in [9.17, 15) is 9.59 Å². The molecule has 29 heavy (non-hydrogen) atoms. The van der Waals surface area contributed by atoms with E-state index in [-0.39, 0.29) is 23.3 Å². The summed E-state index contributed by atoms with van der Waals surface area (Å²) in [5, 5.41) is 3.41. The number of nitrogens with one attached hydrogen (secondary N) is 1. The minimum absolute atomic E-state index is 0.0558. The lowest BCUT2D eigenvalue weighted by atomic mass is 10.1. The zero-order chi connectivity index (χ0) is 21.2. The van der Waals surface area contributed by atoms with Crippen LogP contribution in [0.3, 0.4) is 0 Å². The standard InChI is InChI=1S/C21H29ClN4O3/c1-21(2,3)24-20(28)29-14-7-10-26(11-8-14)12-9-15-16(22)13-23-17-5-6-18(27)25(4)19(15)17/h5-6,13-14H,7-12H2,1-4H3,(H,24,28). The number of carbonyl (C=O) groups is 1. The number of carbonyl (C=O) groups excluding carboxylic acids is 1. The molecule has 1 aliphatic heterocycles. The van der Waals surface area contributed by atoms with E-state index in [1.807, 2.05) is 20.8 Å². The lowest BCUT2D eigenvalue weighted by Gasteiger charge is -2.32. The van der Waals surface area contributed by atoms with Gasteiger partial charge in [-0.3, -0.25) is 9.78 Å². The Morgan fingerprint density at radius 1 is 1.31 bits per heavy atom. The number of hydrogen-bond acceptors (Lipinski definition) is 5. The van der Waals surface area contributed by atoms with E-state index in [1.54, 1.807) is 23.9 Å². The van der Waals surface area contributed by atoms with Crippen LogP contribution in [0.1, 0.15) is 39.2 Å².